The first kappa shape index (κ1) is 14.6. The van der Waals surface area contributed by atoms with Crippen molar-refractivity contribution in [2.24, 2.45) is 0 Å². The molecule has 0 amide bonds. The first-order chi connectivity index (χ1) is 10.3. The molecule has 0 bridgehead atoms. The highest BCUT2D eigenvalue weighted by atomic mass is 14.8. The summed E-state index contributed by atoms with van der Waals surface area (Å²) >= 11 is 0. The van der Waals surface area contributed by atoms with Crippen LogP contribution in [0.5, 0.6) is 0 Å². The van der Waals surface area contributed by atoms with Crippen molar-refractivity contribution in [3.63, 3.8) is 0 Å². The minimum Gasteiger partial charge on any atom is -0.317 e. The monoisotopic (exact) mass is 281 g/mol. The van der Waals surface area contributed by atoms with E-state index in [9.17, 15) is 0 Å². The summed E-state index contributed by atoms with van der Waals surface area (Å²) in [5, 5.41) is 6.28. The van der Waals surface area contributed by atoms with Gasteiger partial charge in [-0.3, -0.25) is 0 Å². The minimum absolute atomic E-state index is 0.407. The van der Waals surface area contributed by atoms with E-state index < -0.39 is 0 Å². The van der Waals surface area contributed by atoms with Gasteiger partial charge < -0.3 is 5.32 Å². The normalized spacial score (nSPS) is 18.0. The van der Waals surface area contributed by atoms with Crippen LogP contribution in [-0.4, -0.2) is 13.1 Å². The molecule has 0 unspecified atom stereocenters. The standard InChI is InChI=1S/C20H27N/c1-2-21-15-14-20(12-6-3-7-13-20)19-11-10-17-8-4-5-9-18(17)16-19/h4-5,8-11,16,21H,2-3,6-7,12-15H2,1H3. The lowest BCUT2D eigenvalue weighted by Crippen LogP contribution is -2.33. The molecule has 2 aromatic carbocycles. The van der Waals surface area contributed by atoms with E-state index in [4.69, 9.17) is 0 Å². The number of rotatable bonds is 5. The summed E-state index contributed by atoms with van der Waals surface area (Å²) in [4.78, 5) is 0. The molecule has 1 aliphatic carbocycles. The van der Waals surface area contributed by atoms with Gasteiger partial charge in [0, 0.05) is 0 Å². The highest BCUT2D eigenvalue weighted by molar-refractivity contribution is 5.83. The molecule has 0 spiro atoms. The van der Waals surface area contributed by atoms with Gasteiger partial charge in [-0.25, -0.2) is 0 Å². The minimum atomic E-state index is 0.407. The molecule has 1 aliphatic rings. The van der Waals surface area contributed by atoms with Crippen molar-refractivity contribution in [2.75, 3.05) is 13.1 Å². The second-order valence-corrected chi connectivity index (χ2v) is 6.51. The number of fused-ring (bicyclic) bond motifs is 1. The van der Waals surface area contributed by atoms with Crippen molar-refractivity contribution in [3.05, 3.63) is 48.0 Å². The van der Waals surface area contributed by atoms with E-state index in [1.165, 1.54) is 49.3 Å². The van der Waals surface area contributed by atoms with Crippen LogP contribution in [0.1, 0.15) is 51.0 Å². The van der Waals surface area contributed by atoms with E-state index >= 15 is 0 Å². The summed E-state index contributed by atoms with van der Waals surface area (Å²) in [6.45, 7) is 4.42. The third-order valence-electron chi connectivity index (χ3n) is 5.20. The Morgan fingerprint density at radius 3 is 2.48 bits per heavy atom. The van der Waals surface area contributed by atoms with Crippen LogP contribution < -0.4 is 5.32 Å². The molecule has 1 heteroatoms. The molecule has 0 aromatic heterocycles. The Morgan fingerprint density at radius 1 is 0.952 bits per heavy atom. The molecule has 1 saturated carbocycles. The molecule has 112 valence electrons. The molecular formula is C20H27N. The Bertz CT molecular complexity index is 581. The summed E-state index contributed by atoms with van der Waals surface area (Å²) in [5.74, 6) is 0. The van der Waals surface area contributed by atoms with Gasteiger partial charge in [0.2, 0.25) is 0 Å². The van der Waals surface area contributed by atoms with Crippen molar-refractivity contribution in [1.82, 2.24) is 5.32 Å². The van der Waals surface area contributed by atoms with Gasteiger partial charge in [0.1, 0.15) is 0 Å². The fourth-order valence-corrected chi connectivity index (χ4v) is 3.94. The maximum absolute atomic E-state index is 3.53. The predicted octanol–water partition coefficient (Wildman–Crippen LogP) is 5.04. The molecule has 0 saturated heterocycles. The smallest absolute Gasteiger partial charge is 0.00347 e. The second-order valence-electron chi connectivity index (χ2n) is 6.51. The SMILES string of the molecule is CCNCCC1(c2ccc3ccccc3c2)CCCCC1. The number of nitrogens with one attached hydrogen (secondary N) is 1. The van der Waals surface area contributed by atoms with E-state index in [-0.39, 0.29) is 0 Å². The van der Waals surface area contributed by atoms with E-state index in [2.05, 4.69) is 54.7 Å². The molecule has 2 aromatic rings. The summed E-state index contributed by atoms with van der Waals surface area (Å²) < 4.78 is 0. The molecule has 0 heterocycles. The van der Waals surface area contributed by atoms with Gasteiger partial charge in [0.25, 0.3) is 0 Å². The average molecular weight is 281 g/mol. The van der Waals surface area contributed by atoms with E-state index in [0.717, 1.165) is 13.1 Å². The summed E-state index contributed by atoms with van der Waals surface area (Å²) in [7, 11) is 0. The third-order valence-corrected chi connectivity index (χ3v) is 5.20. The lowest BCUT2D eigenvalue weighted by Gasteiger charge is -2.38. The maximum Gasteiger partial charge on any atom is -0.00347 e. The fourth-order valence-electron chi connectivity index (χ4n) is 3.94. The van der Waals surface area contributed by atoms with Crippen LogP contribution in [0.3, 0.4) is 0 Å². The lowest BCUT2D eigenvalue weighted by molar-refractivity contribution is 0.271. The molecule has 0 aliphatic heterocycles. The number of hydrogen-bond acceptors (Lipinski definition) is 1. The zero-order valence-electron chi connectivity index (χ0n) is 13.2. The topological polar surface area (TPSA) is 12.0 Å². The highest BCUT2D eigenvalue weighted by Crippen LogP contribution is 2.42. The van der Waals surface area contributed by atoms with Crippen LogP contribution in [0, 0.1) is 0 Å². The molecule has 0 atom stereocenters. The summed E-state index contributed by atoms with van der Waals surface area (Å²) in [6.07, 6.45) is 8.18. The van der Waals surface area contributed by atoms with Crippen molar-refractivity contribution in [2.45, 2.75) is 50.9 Å². The molecule has 3 rings (SSSR count). The molecule has 0 radical (unpaired) electrons. The largest absolute Gasteiger partial charge is 0.317 e. The Morgan fingerprint density at radius 2 is 1.71 bits per heavy atom. The molecular weight excluding hydrogens is 254 g/mol. The lowest BCUT2D eigenvalue weighted by atomic mass is 9.67. The van der Waals surface area contributed by atoms with E-state index in [1.807, 2.05) is 0 Å². The maximum atomic E-state index is 3.53. The summed E-state index contributed by atoms with van der Waals surface area (Å²) in [6, 6.07) is 15.9. The molecule has 21 heavy (non-hydrogen) atoms. The first-order valence-corrected chi connectivity index (χ1v) is 8.54. The zero-order chi connectivity index (χ0) is 14.5. The van der Waals surface area contributed by atoms with Crippen LogP contribution in [0.15, 0.2) is 42.5 Å². The highest BCUT2D eigenvalue weighted by Gasteiger charge is 2.33. The molecule has 1 fully saturated rings. The Hall–Kier alpha value is -1.34. The average Bonchev–Trinajstić information content (AvgIpc) is 2.55. The molecule has 1 N–H and O–H groups in total. The van der Waals surface area contributed by atoms with Crippen LogP contribution >= 0.6 is 0 Å². The Labute approximate surface area is 128 Å². The van der Waals surface area contributed by atoms with Gasteiger partial charge in [0.05, 0.1) is 0 Å². The Balaban J connectivity index is 1.92. The van der Waals surface area contributed by atoms with Gasteiger partial charge in [-0.15, -0.1) is 0 Å². The van der Waals surface area contributed by atoms with Gasteiger partial charge in [-0.05, 0) is 54.1 Å². The zero-order valence-corrected chi connectivity index (χ0v) is 13.2. The third kappa shape index (κ3) is 3.13. The van der Waals surface area contributed by atoms with Crippen LogP contribution in [0.4, 0.5) is 0 Å². The van der Waals surface area contributed by atoms with Gasteiger partial charge in [-0.2, -0.15) is 0 Å². The fraction of sp³-hybridized carbons (Fsp3) is 0.500. The van der Waals surface area contributed by atoms with Gasteiger partial charge in [-0.1, -0.05) is 68.7 Å². The van der Waals surface area contributed by atoms with E-state index in [0.29, 0.717) is 5.41 Å². The van der Waals surface area contributed by atoms with Crippen molar-refractivity contribution >= 4 is 10.8 Å². The molecule has 1 nitrogen and oxygen atoms in total. The van der Waals surface area contributed by atoms with Crippen molar-refractivity contribution in [3.8, 4) is 0 Å². The first-order valence-electron chi connectivity index (χ1n) is 8.54. The van der Waals surface area contributed by atoms with Crippen LogP contribution in [-0.2, 0) is 5.41 Å². The predicted molar refractivity (Wildman–Crippen MR) is 91.9 cm³/mol. The Kier molecular flexibility index (Phi) is 4.60. The van der Waals surface area contributed by atoms with E-state index in [1.54, 1.807) is 5.56 Å². The van der Waals surface area contributed by atoms with Gasteiger partial charge >= 0.3 is 0 Å². The van der Waals surface area contributed by atoms with Crippen molar-refractivity contribution in [1.29, 1.82) is 0 Å². The van der Waals surface area contributed by atoms with Crippen LogP contribution in [0.2, 0.25) is 0 Å². The second kappa shape index (κ2) is 6.62. The summed E-state index contributed by atoms with van der Waals surface area (Å²) in [5.41, 5.74) is 1.98. The quantitative estimate of drug-likeness (QED) is 0.757. The number of benzene rings is 2. The van der Waals surface area contributed by atoms with Crippen LogP contribution in [0.25, 0.3) is 10.8 Å². The number of hydrogen-bond donors (Lipinski definition) is 1. The van der Waals surface area contributed by atoms with Crippen molar-refractivity contribution < 1.29 is 0 Å². The van der Waals surface area contributed by atoms with Gasteiger partial charge in [0.15, 0.2) is 0 Å².